The minimum Gasteiger partial charge on any atom is -0.382 e. The van der Waals surface area contributed by atoms with E-state index in [1.807, 2.05) is 0 Å². The third-order valence-corrected chi connectivity index (χ3v) is 2.05. The van der Waals surface area contributed by atoms with Gasteiger partial charge in [-0.15, -0.1) is 0 Å². The second-order valence-electron chi connectivity index (χ2n) is 3.62. The molecule has 2 aromatic rings. The molecule has 4 nitrogen and oxygen atoms in total. The SMILES string of the molecule is C.Cc1ncc(F)cc1F.N=C(N)c1ncc(F)cc1F. The summed E-state index contributed by atoms with van der Waals surface area (Å²) in [6.45, 7) is 1.48. The Labute approximate surface area is 119 Å². The first kappa shape index (κ1) is 18.5. The van der Waals surface area contributed by atoms with E-state index >= 15 is 0 Å². The Balaban J connectivity index is 0.000000370. The van der Waals surface area contributed by atoms with Crippen molar-refractivity contribution in [2.24, 2.45) is 5.73 Å². The topological polar surface area (TPSA) is 75.7 Å². The van der Waals surface area contributed by atoms with Crippen molar-refractivity contribution < 1.29 is 17.6 Å². The third kappa shape index (κ3) is 5.55. The molecule has 3 N–H and O–H groups in total. The van der Waals surface area contributed by atoms with Gasteiger partial charge in [-0.25, -0.2) is 22.5 Å². The molecule has 0 unspecified atom stereocenters. The molecular weight excluding hydrogens is 288 g/mol. The summed E-state index contributed by atoms with van der Waals surface area (Å²) in [7, 11) is 0. The van der Waals surface area contributed by atoms with Crippen molar-refractivity contribution in [3.8, 4) is 0 Å². The highest BCUT2D eigenvalue weighted by Crippen LogP contribution is 2.04. The summed E-state index contributed by atoms with van der Waals surface area (Å²) in [5.41, 5.74) is 4.81. The second-order valence-corrected chi connectivity index (χ2v) is 3.62. The zero-order valence-electron chi connectivity index (χ0n) is 10.3. The molecule has 21 heavy (non-hydrogen) atoms. The third-order valence-electron chi connectivity index (χ3n) is 2.05. The van der Waals surface area contributed by atoms with Crippen LogP contribution in [0.5, 0.6) is 0 Å². The smallest absolute Gasteiger partial charge is 0.155 e. The molecule has 0 saturated heterocycles. The van der Waals surface area contributed by atoms with E-state index in [0.29, 0.717) is 6.07 Å². The van der Waals surface area contributed by atoms with Gasteiger partial charge in [0, 0.05) is 12.1 Å². The van der Waals surface area contributed by atoms with E-state index in [2.05, 4.69) is 9.97 Å². The average molecular weight is 302 g/mol. The number of amidine groups is 1. The summed E-state index contributed by atoms with van der Waals surface area (Å²) in [5.74, 6) is -3.46. The van der Waals surface area contributed by atoms with Crippen LogP contribution < -0.4 is 5.73 Å². The van der Waals surface area contributed by atoms with Gasteiger partial charge in [0.15, 0.2) is 5.82 Å². The molecule has 8 heteroatoms. The molecule has 0 aliphatic rings. The molecule has 0 aromatic carbocycles. The van der Waals surface area contributed by atoms with Crippen molar-refractivity contribution in [3.63, 3.8) is 0 Å². The minimum absolute atomic E-state index is 0. The van der Waals surface area contributed by atoms with E-state index in [9.17, 15) is 17.6 Å². The maximum absolute atomic E-state index is 12.6. The normalized spacial score (nSPS) is 9.19. The number of nitrogens with two attached hydrogens (primary N) is 1. The Morgan fingerprint density at radius 2 is 1.48 bits per heavy atom. The summed E-state index contributed by atoms with van der Waals surface area (Å²) in [6.07, 6.45) is 1.79. The van der Waals surface area contributed by atoms with Crippen LogP contribution in [0.4, 0.5) is 17.6 Å². The van der Waals surface area contributed by atoms with E-state index in [0.717, 1.165) is 18.5 Å². The van der Waals surface area contributed by atoms with Gasteiger partial charge in [-0.1, -0.05) is 7.43 Å². The van der Waals surface area contributed by atoms with Crippen molar-refractivity contribution in [1.82, 2.24) is 9.97 Å². The number of aryl methyl sites for hydroxylation is 1. The van der Waals surface area contributed by atoms with E-state index in [4.69, 9.17) is 11.1 Å². The fourth-order valence-electron chi connectivity index (χ4n) is 1.10. The Morgan fingerprint density at radius 3 is 1.86 bits per heavy atom. The highest BCUT2D eigenvalue weighted by molar-refractivity contribution is 5.93. The maximum atomic E-state index is 12.6. The Morgan fingerprint density at radius 1 is 1.00 bits per heavy atom. The fraction of sp³-hybridized carbons (Fsp3) is 0.154. The van der Waals surface area contributed by atoms with Crippen LogP contribution in [-0.4, -0.2) is 15.8 Å². The molecule has 0 fully saturated rings. The molecule has 0 aliphatic heterocycles. The van der Waals surface area contributed by atoms with Gasteiger partial charge >= 0.3 is 0 Å². The van der Waals surface area contributed by atoms with Gasteiger partial charge in [0.2, 0.25) is 0 Å². The highest BCUT2D eigenvalue weighted by Gasteiger charge is 2.06. The summed E-state index contributed by atoms with van der Waals surface area (Å²) < 4.78 is 49.1. The van der Waals surface area contributed by atoms with Gasteiger partial charge in [0.25, 0.3) is 0 Å². The first-order valence-electron chi connectivity index (χ1n) is 5.24. The van der Waals surface area contributed by atoms with Crippen LogP contribution in [0.1, 0.15) is 18.8 Å². The minimum atomic E-state index is -0.919. The lowest BCUT2D eigenvalue weighted by molar-refractivity contribution is 0.565. The van der Waals surface area contributed by atoms with E-state index in [1.54, 1.807) is 0 Å². The number of hydrogen-bond donors (Lipinski definition) is 2. The van der Waals surface area contributed by atoms with E-state index < -0.39 is 29.1 Å². The first-order valence-corrected chi connectivity index (χ1v) is 5.24. The molecule has 2 aromatic heterocycles. The van der Waals surface area contributed by atoms with Crippen LogP contribution >= 0.6 is 0 Å². The largest absolute Gasteiger partial charge is 0.382 e. The predicted octanol–water partition coefficient (Wildman–Crippen LogP) is 2.95. The molecular formula is C13H14F4N4. The average Bonchev–Trinajstić information content (AvgIpc) is 2.34. The van der Waals surface area contributed by atoms with Crippen LogP contribution in [-0.2, 0) is 0 Å². The lowest BCUT2D eigenvalue weighted by Crippen LogP contribution is -2.15. The fourth-order valence-corrected chi connectivity index (χ4v) is 1.10. The van der Waals surface area contributed by atoms with Crippen molar-refractivity contribution >= 4 is 5.84 Å². The summed E-state index contributed by atoms with van der Waals surface area (Å²) in [6, 6.07) is 1.44. The number of nitrogen functional groups attached to an aromatic ring is 1. The van der Waals surface area contributed by atoms with Gasteiger partial charge in [-0.3, -0.25) is 10.4 Å². The molecule has 0 atom stereocenters. The van der Waals surface area contributed by atoms with E-state index in [-0.39, 0.29) is 18.8 Å². The lowest BCUT2D eigenvalue weighted by atomic mass is 10.3. The number of rotatable bonds is 1. The Kier molecular flexibility index (Phi) is 6.98. The van der Waals surface area contributed by atoms with Crippen LogP contribution in [0.15, 0.2) is 24.5 Å². The molecule has 0 amide bonds. The molecule has 0 radical (unpaired) electrons. The van der Waals surface area contributed by atoms with Crippen molar-refractivity contribution in [2.75, 3.05) is 0 Å². The first-order chi connectivity index (χ1) is 9.31. The van der Waals surface area contributed by atoms with Crippen molar-refractivity contribution in [2.45, 2.75) is 14.4 Å². The van der Waals surface area contributed by atoms with Gasteiger partial charge < -0.3 is 5.73 Å². The number of halogens is 4. The van der Waals surface area contributed by atoms with E-state index in [1.165, 1.54) is 6.92 Å². The number of hydrogen-bond acceptors (Lipinski definition) is 3. The van der Waals surface area contributed by atoms with Gasteiger partial charge in [-0.2, -0.15) is 0 Å². The Bertz CT molecular complexity index is 632. The summed E-state index contributed by atoms with van der Waals surface area (Å²) in [4.78, 5) is 6.71. The Hall–Kier alpha value is -2.51. The lowest BCUT2D eigenvalue weighted by Gasteiger charge is -1.97. The van der Waals surface area contributed by atoms with Gasteiger partial charge in [0.1, 0.15) is 29.0 Å². The number of nitrogens with one attached hydrogen (secondary N) is 1. The summed E-state index contributed by atoms with van der Waals surface area (Å²) in [5, 5.41) is 6.80. The molecule has 0 saturated carbocycles. The molecule has 2 heterocycles. The monoisotopic (exact) mass is 302 g/mol. The van der Waals surface area contributed by atoms with Crippen molar-refractivity contribution in [1.29, 1.82) is 5.41 Å². The van der Waals surface area contributed by atoms with Gasteiger partial charge in [-0.05, 0) is 6.92 Å². The highest BCUT2D eigenvalue weighted by atomic mass is 19.1. The van der Waals surface area contributed by atoms with Crippen LogP contribution in [0.25, 0.3) is 0 Å². The summed E-state index contributed by atoms with van der Waals surface area (Å²) >= 11 is 0. The molecule has 0 bridgehead atoms. The zero-order chi connectivity index (χ0) is 15.3. The molecule has 2 rings (SSSR count). The molecule has 114 valence electrons. The van der Waals surface area contributed by atoms with Crippen molar-refractivity contribution in [3.05, 3.63) is 59.2 Å². The standard InChI is InChI=1S/C6H5F2N3.C6H5F2N.CH4/c7-3-1-4(8)5(6(9)10)11-2-3;1-4-6(8)2-5(7)3-9-4;/h1-2H,(H3,9,10);2-3H,1H3;1H4. The quantitative estimate of drug-likeness (QED) is 0.483. The van der Waals surface area contributed by atoms with Crippen LogP contribution in [0.2, 0.25) is 0 Å². The van der Waals surface area contributed by atoms with Crippen LogP contribution in [0, 0.1) is 35.6 Å². The second kappa shape index (κ2) is 7.93. The number of aromatic nitrogens is 2. The zero-order valence-corrected chi connectivity index (χ0v) is 10.3. The van der Waals surface area contributed by atoms with Gasteiger partial charge in [0.05, 0.1) is 18.1 Å². The number of nitrogens with zero attached hydrogens (tertiary/aromatic N) is 2. The predicted molar refractivity (Wildman–Crippen MR) is 70.8 cm³/mol. The van der Waals surface area contributed by atoms with Crippen LogP contribution in [0.3, 0.4) is 0 Å². The molecule has 0 spiro atoms. The maximum Gasteiger partial charge on any atom is 0.155 e. The molecule has 0 aliphatic carbocycles. The number of pyridine rings is 2.